The Morgan fingerprint density at radius 3 is 2.84 bits per heavy atom. The number of hydrogen-bond donors (Lipinski definition) is 0. The molecule has 3 heteroatoms. The molecule has 0 N–H and O–H groups in total. The fourth-order valence-electron chi connectivity index (χ4n) is 2.41. The first-order valence-electron chi connectivity index (χ1n) is 6.75. The summed E-state index contributed by atoms with van der Waals surface area (Å²) in [6.45, 7) is 3.69. The summed E-state index contributed by atoms with van der Waals surface area (Å²) in [4.78, 5) is 6.73. The second-order valence-corrected chi connectivity index (χ2v) is 4.83. The van der Waals surface area contributed by atoms with Crippen molar-refractivity contribution in [3.8, 4) is 5.88 Å². The fraction of sp³-hybridized carbons (Fsp3) is 0.312. The molecule has 0 radical (unpaired) electrons. The predicted molar refractivity (Wildman–Crippen MR) is 75.2 cm³/mol. The average Bonchev–Trinajstić information content (AvgIpc) is 2.44. The molecule has 0 aliphatic carbocycles. The van der Waals surface area contributed by atoms with Crippen LogP contribution in [0.15, 0.2) is 48.7 Å². The number of pyridine rings is 1. The van der Waals surface area contributed by atoms with Crippen molar-refractivity contribution in [3.05, 3.63) is 59.8 Å². The van der Waals surface area contributed by atoms with E-state index < -0.39 is 0 Å². The van der Waals surface area contributed by atoms with Crippen LogP contribution >= 0.6 is 0 Å². The maximum Gasteiger partial charge on any atom is 0.216 e. The highest BCUT2D eigenvalue weighted by molar-refractivity contribution is 5.26. The van der Waals surface area contributed by atoms with Gasteiger partial charge in [0.15, 0.2) is 0 Å². The van der Waals surface area contributed by atoms with E-state index in [9.17, 15) is 0 Å². The molecule has 2 heterocycles. The van der Waals surface area contributed by atoms with Crippen LogP contribution in [0.2, 0.25) is 0 Å². The van der Waals surface area contributed by atoms with Crippen molar-refractivity contribution >= 4 is 0 Å². The van der Waals surface area contributed by atoms with E-state index in [-0.39, 0.29) is 0 Å². The van der Waals surface area contributed by atoms with Gasteiger partial charge < -0.3 is 4.74 Å². The van der Waals surface area contributed by atoms with Gasteiger partial charge in [0.1, 0.15) is 6.61 Å². The van der Waals surface area contributed by atoms with Gasteiger partial charge in [-0.2, -0.15) is 0 Å². The van der Waals surface area contributed by atoms with E-state index in [1.165, 1.54) is 11.1 Å². The third-order valence-corrected chi connectivity index (χ3v) is 3.44. The molecule has 1 aliphatic rings. The Morgan fingerprint density at radius 1 is 1.05 bits per heavy atom. The molecule has 0 saturated heterocycles. The number of nitrogens with zero attached hydrogens (tertiary/aromatic N) is 2. The smallest absolute Gasteiger partial charge is 0.216 e. The highest BCUT2D eigenvalue weighted by atomic mass is 16.5. The molecule has 0 saturated carbocycles. The van der Waals surface area contributed by atoms with Gasteiger partial charge in [-0.3, -0.25) is 4.90 Å². The molecule has 98 valence electrons. The summed E-state index contributed by atoms with van der Waals surface area (Å²) in [7, 11) is 0. The van der Waals surface area contributed by atoms with Gasteiger partial charge in [0.05, 0.1) is 0 Å². The molecular weight excluding hydrogens is 236 g/mol. The van der Waals surface area contributed by atoms with Crippen LogP contribution in [0.4, 0.5) is 0 Å². The molecule has 2 aromatic rings. The third-order valence-electron chi connectivity index (χ3n) is 3.44. The van der Waals surface area contributed by atoms with Gasteiger partial charge in [-0.25, -0.2) is 4.98 Å². The highest BCUT2D eigenvalue weighted by Crippen LogP contribution is 2.18. The van der Waals surface area contributed by atoms with E-state index in [2.05, 4.69) is 46.3 Å². The third kappa shape index (κ3) is 3.12. The van der Waals surface area contributed by atoms with Crippen LogP contribution in [0, 0.1) is 0 Å². The highest BCUT2D eigenvalue weighted by Gasteiger charge is 2.13. The van der Waals surface area contributed by atoms with Crippen molar-refractivity contribution in [1.29, 1.82) is 0 Å². The number of benzene rings is 1. The molecule has 3 nitrogen and oxygen atoms in total. The second-order valence-electron chi connectivity index (χ2n) is 4.83. The summed E-state index contributed by atoms with van der Waals surface area (Å²) in [5, 5.41) is 0. The largest absolute Gasteiger partial charge is 0.476 e. The van der Waals surface area contributed by atoms with Crippen LogP contribution in [0.25, 0.3) is 0 Å². The summed E-state index contributed by atoms with van der Waals surface area (Å²) in [5.74, 6) is 0.807. The first-order valence-corrected chi connectivity index (χ1v) is 6.75. The Kier molecular flexibility index (Phi) is 3.75. The SMILES string of the molecule is c1ccc(CN2CCOc3ncccc3CC2)cc1. The van der Waals surface area contributed by atoms with Gasteiger partial charge in [-0.15, -0.1) is 0 Å². The zero-order valence-corrected chi connectivity index (χ0v) is 11.0. The molecule has 1 aromatic heterocycles. The van der Waals surface area contributed by atoms with Crippen LogP contribution in [-0.2, 0) is 13.0 Å². The van der Waals surface area contributed by atoms with E-state index >= 15 is 0 Å². The predicted octanol–water partition coefficient (Wildman–Crippen LogP) is 2.52. The fourth-order valence-corrected chi connectivity index (χ4v) is 2.41. The lowest BCUT2D eigenvalue weighted by atomic mass is 10.1. The zero-order valence-electron chi connectivity index (χ0n) is 11.0. The normalized spacial score (nSPS) is 16.0. The zero-order chi connectivity index (χ0) is 12.9. The number of hydrogen-bond acceptors (Lipinski definition) is 3. The van der Waals surface area contributed by atoms with E-state index in [0.29, 0.717) is 6.61 Å². The molecule has 0 amide bonds. The summed E-state index contributed by atoms with van der Waals surface area (Å²) < 4.78 is 5.74. The molecule has 0 unspecified atom stereocenters. The molecule has 1 aromatic carbocycles. The summed E-state index contributed by atoms with van der Waals surface area (Å²) in [6.07, 6.45) is 2.79. The molecule has 0 atom stereocenters. The first kappa shape index (κ1) is 12.2. The van der Waals surface area contributed by atoms with Crippen molar-refractivity contribution in [2.75, 3.05) is 19.7 Å². The van der Waals surface area contributed by atoms with Gasteiger partial charge in [-0.05, 0) is 18.1 Å². The van der Waals surface area contributed by atoms with Gasteiger partial charge in [0, 0.05) is 31.4 Å². The Bertz CT molecular complexity index is 527. The van der Waals surface area contributed by atoms with E-state index in [0.717, 1.165) is 31.9 Å². The Hall–Kier alpha value is -1.87. The summed E-state index contributed by atoms with van der Waals surface area (Å²) in [6, 6.07) is 14.7. The topological polar surface area (TPSA) is 25.4 Å². The van der Waals surface area contributed by atoms with Crippen LogP contribution in [-0.4, -0.2) is 29.6 Å². The van der Waals surface area contributed by atoms with Crippen molar-refractivity contribution in [1.82, 2.24) is 9.88 Å². The van der Waals surface area contributed by atoms with Crippen molar-refractivity contribution in [3.63, 3.8) is 0 Å². The number of fused-ring (bicyclic) bond motifs is 1. The van der Waals surface area contributed by atoms with Gasteiger partial charge >= 0.3 is 0 Å². The monoisotopic (exact) mass is 254 g/mol. The second kappa shape index (κ2) is 5.85. The first-order chi connectivity index (χ1) is 9.42. The van der Waals surface area contributed by atoms with Crippen LogP contribution in [0.1, 0.15) is 11.1 Å². The minimum Gasteiger partial charge on any atom is -0.476 e. The van der Waals surface area contributed by atoms with Gasteiger partial charge in [-0.1, -0.05) is 36.4 Å². The van der Waals surface area contributed by atoms with Crippen molar-refractivity contribution in [2.45, 2.75) is 13.0 Å². The van der Waals surface area contributed by atoms with E-state index in [1.807, 2.05) is 6.07 Å². The molecule has 0 spiro atoms. The Balaban J connectivity index is 1.67. The Morgan fingerprint density at radius 2 is 1.95 bits per heavy atom. The number of aromatic nitrogens is 1. The van der Waals surface area contributed by atoms with Gasteiger partial charge in [0.2, 0.25) is 5.88 Å². The molecule has 0 fully saturated rings. The standard InChI is InChI=1S/C16H18N2O/c1-2-5-14(6-3-1)13-18-10-8-15-7-4-9-17-16(15)19-12-11-18/h1-7,9H,8,10-13H2. The number of rotatable bonds is 2. The van der Waals surface area contributed by atoms with Crippen LogP contribution in [0.3, 0.4) is 0 Å². The van der Waals surface area contributed by atoms with Crippen LogP contribution < -0.4 is 4.74 Å². The molecule has 1 aliphatic heterocycles. The van der Waals surface area contributed by atoms with Crippen molar-refractivity contribution in [2.24, 2.45) is 0 Å². The minimum absolute atomic E-state index is 0.705. The molecular formula is C16H18N2O. The maximum absolute atomic E-state index is 5.74. The number of ether oxygens (including phenoxy) is 1. The lowest BCUT2D eigenvalue weighted by molar-refractivity contribution is 0.187. The molecule has 19 heavy (non-hydrogen) atoms. The maximum atomic E-state index is 5.74. The summed E-state index contributed by atoms with van der Waals surface area (Å²) in [5.41, 5.74) is 2.56. The lowest BCUT2D eigenvalue weighted by Crippen LogP contribution is -2.32. The van der Waals surface area contributed by atoms with E-state index in [4.69, 9.17) is 4.74 Å². The Labute approximate surface area is 113 Å². The molecule has 3 rings (SSSR count). The summed E-state index contributed by atoms with van der Waals surface area (Å²) >= 11 is 0. The van der Waals surface area contributed by atoms with Gasteiger partial charge in [0.25, 0.3) is 0 Å². The molecule has 0 bridgehead atoms. The lowest BCUT2D eigenvalue weighted by Gasteiger charge is -2.25. The minimum atomic E-state index is 0.705. The quantitative estimate of drug-likeness (QED) is 0.823. The van der Waals surface area contributed by atoms with E-state index in [1.54, 1.807) is 6.20 Å². The average molecular weight is 254 g/mol. The van der Waals surface area contributed by atoms with Crippen molar-refractivity contribution < 1.29 is 4.74 Å². The van der Waals surface area contributed by atoms with Crippen LogP contribution in [0.5, 0.6) is 5.88 Å².